The molecule has 0 aromatic heterocycles. The lowest BCUT2D eigenvalue weighted by molar-refractivity contribution is -0.123. The molecule has 0 radical (unpaired) electrons. The van der Waals surface area contributed by atoms with E-state index in [4.69, 9.17) is 19.9 Å². The summed E-state index contributed by atoms with van der Waals surface area (Å²) in [6, 6.07) is 10.7. The minimum Gasteiger partial charge on any atom is -0.454 e. The summed E-state index contributed by atoms with van der Waals surface area (Å²) >= 11 is 0. The summed E-state index contributed by atoms with van der Waals surface area (Å²) < 4.78 is 15.6. The zero-order valence-corrected chi connectivity index (χ0v) is 13.9. The average Bonchev–Trinajstić information content (AvgIpc) is 3.09. The highest BCUT2D eigenvalue weighted by molar-refractivity contribution is 5.98. The predicted octanol–water partition coefficient (Wildman–Crippen LogP) is 1.70. The fourth-order valence-corrected chi connectivity index (χ4v) is 2.27. The molecule has 2 aromatic carbocycles. The number of esters is 1. The highest BCUT2D eigenvalue weighted by Gasteiger charge is 2.21. The van der Waals surface area contributed by atoms with E-state index in [1.165, 1.54) is 43.3 Å². The number of hydrogen-bond acceptors (Lipinski definition) is 6. The monoisotopic (exact) mass is 356 g/mol. The van der Waals surface area contributed by atoms with Gasteiger partial charge < -0.3 is 25.3 Å². The van der Waals surface area contributed by atoms with Crippen molar-refractivity contribution in [3.05, 3.63) is 53.6 Å². The van der Waals surface area contributed by atoms with Crippen molar-refractivity contribution in [3.8, 4) is 11.5 Å². The molecule has 0 aliphatic carbocycles. The standard InChI is InChI=1S/C18H16N2O6/c1-10(17(22)20-13-5-2-11(3-6-13)16(19)21)26-18(23)12-4-7-14-15(8-12)25-9-24-14/h2-8,10H,9H2,1H3,(H2,19,21)(H,20,22)/t10-/m1/s1. The van der Waals surface area contributed by atoms with Gasteiger partial charge in [-0.2, -0.15) is 0 Å². The summed E-state index contributed by atoms with van der Waals surface area (Å²) in [5.41, 5.74) is 6.18. The number of amides is 2. The number of carbonyl (C=O) groups excluding carboxylic acids is 3. The van der Waals surface area contributed by atoms with Gasteiger partial charge in [-0.05, 0) is 49.4 Å². The van der Waals surface area contributed by atoms with Crippen LogP contribution in [-0.4, -0.2) is 30.7 Å². The van der Waals surface area contributed by atoms with E-state index in [1.807, 2.05) is 0 Å². The Bertz CT molecular complexity index is 862. The number of carbonyl (C=O) groups is 3. The van der Waals surface area contributed by atoms with Gasteiger partial charge in [0.2, 0.25) is 12.7 Å². The van der Waals surface area contributed by atoms with Crippen molar-refractivity contribution in [3.63, 3.8) is 0 Å². The average molecular weight is 356 g/mol. The molecular weight excluding hydrogens is 340 g/mol. The second kappa shape index (κ2) is 7.14. The molecule has 0 unspecified atom stereocenters. The van der Waals surface area contributed by atoms with Crippen molar-refractivity contribution in [2.75, 3.05) is 12.1 Å². The Labute approximate surface area is 148 Å². The van der Waals surface area contributed by atoms with Crippen molar-refractivity contribution < 1.29 is 28.6 Å². The lowest BCUT2D eigenvalue weighted by Gasteiger charge is -2.14. The normalized spacial score (nSPS) is 13.0. The van der Waals surface area contributed by atoms with Crippen molar-refractivity contribution >= 4 is 23.5 Å². The minimum absolute atomic E-state index is 0.0984. The van der Waals surface area contributed by atoms with E-state index in [-0.39, 0.29) is 12.4 Å². The molecule has 1 aliphatic rings. The zero-order chi connectivity index (χ0) is 18.7. The number of nitrogens with one attached hydrogen (secondary N) is 1. The Balaban J connectivity index is 1.60. The molecule has 0 saturated carbocycles. The van der Waals surface area contributed by atoms with Crippen LogP contribution in [0.4, 0.5) is 5.69 Å². The van der Waals surface area contributed by atoms with Crippen LogP contribution in [0.1, 0.15) is 27.6 Å². The van der Waals surface area contributed by atoms with Gasteiger partial charge >= 0.3 is 5.97 Å². The molecule has 1 heterocycles. The Morgan fingerprint density at radius 2 is 1.69 bits per heavy atom. The first-order valence-electron chi connectivity index (χ1n) is 7.75. The van der Waals surface area contributed by atoms with Gasteiger partial charge in [0.1, 0.15) is 0 Å². The number of nitrogens with two attached hydrogens (primary N) is 1. The maximum absolute atomic E-state index is 12.2. The Hall–Kier alpha value is -3.55. The van der Waals surface area contributed by atoms with E-state index >= 15 is 0 Å². The minimum atomic E-state index is -1.02. The van der Waals surface area contributed by atoms with E-state index < -0.39 is 23.9 Å². The Kier molecular flexibility index (Phi) is 4.74. The fourth-order valence-electron chi connectivity index (χ4n) is 2.27. The second-order valence-electron chi connectivity index (χ2n) is 5.55. The van der Waals surface area contributed by atoms with Crippen LogP contribution < -0.4 is 20.5 Å². The number of benzene rings is 2. The van der Waals surface area contributed by atoms with Crippen molar-refractivity contribution in [2.24, 2.45) is 5.73 Å². The maximum Gasteiger partial charge on any atom is 0.339 e. The number of primary amides is 1. The SMILES string of the molecule is C[C@@H](OC(=O)c1ccc2c(c1)OCO2)C(=O)Nc1ccc(C(N)=O)cc1. The van der Waals surface area contributed by atoms with Gasteiger partial charge in [-0.1, -0.05) is 0 Å². The van der Waals surface area contributed by atoms with Gasteiger partial charge in [-0.3, -0.25) is 9.59 Å². The predicted molar refractivity (Wildman–Crippen MR) is 91.0 cm³/mol. The van der Waals surface area contributed by atoms with Crippen molar-refractivity contribution in [2.45, 2.75) is 13.0 Å². The summed E-state index contributed by atoms with van der Waals surface area (Å²) in [7, 11) is 0. The van der Waals surface area contributed by atoms with E-state index in [0.717, 1.165) is 0 Å². The van der Waals surface area contributed by atoms with Crippen LogP contribution in [0.2, 0.25) is 0 Å². The molecule has 8 nitrogen and oxygen atoms in total. The Morgan fingerprint density at radius 3 is 2.38 bits per heavy atom. The third kappa shape index (κ3) is 3.75. The van der Waals surface area contributed by atoms with Crippen molar-refractivity contribution in [1.82, 2.24) is 0 Å². The third-order valence-electron chi connectivity index (χ3n) is 3.70. The molecule has 0 saturated heterocycles. The molecule has 1 aliphatic heterocycles. The first-order valence-corrected chi connectivity index (χ1v) is 7.75. The zero-order valence-electron chi connectivity index (χ0n) is 13.9. The number of anilines is 1. The van der Waals surface area contributed by atoms with Crippen LogP contribution in [0.5, 0.6) is 11.5 Å². The summed E-state index contributed by atoms with van der Waals surface area (Å²) in [6.45, 7) is 1.55. The molecule has 3 rings (SSSR count). The van der Waals surface area contributed by atoms with Gasteiger partial charge in [-0.25, -0.2) is 4.79 Å². The number of rotatable bonds is 5. The molecule has 0 spiro atoms. The van der Waals surface area contributed by atoms with Crippen molar-refractivity contribution in [1.29, 1.82) is 0 Å². The summed E-state index contributed by atoms with van der Waals surface area (Å²) in [5, 5.41) is 2.59. The quantitative estimate of drug-likeness (QED) is 0.788. The molecule has 1 atom stereocenters. The molecule has 8 heteroatoms. The largest absolute Gasteiger partial charge is 0.454 e. The second-order valence-corrected chi connectivity index (χ2v) is 5.55. The van der Waals surface area contributed by atoms with E-state index in [1.54, 1.807) is 6.07 Å². The van der Waals surface area contributed by atoms with Crippen LogP contribution in [0.15, 0.2) is 42.5 Å². The molecule has 2 amide bonds. The van der Waals surface area contributed by atoms with Crippen LogP contribution in [0.25, 0.3) is 0 Å². The smallest absolute Gasteiger partial charge is 0.339 e. The van der Waals surface area contributed by atoms with E-state index in [2.05, 4.69) is 5.32 Å². The molecule has 26 heavy (non-hydrogen) atoms. The molecule has 0 fully saturated rings. The highest BCUT2D eigenvalue weighted by Crippen LogP contribution is 2.32. The number of hydrogen-bond donors (Lipinski definition) is 2. The maximum atomic E-state index is 12.2. The highest BCUT2D eigenvalue weighted by atomic mass is 16.7. The summed E-state index contributed by atoms with van der Waals surface area (Å²) in [4.78, 5) is 35.4. The fraction of sp³-hybridized carbons (Fsp3) is 0.167. The number of ether oxygens (including phenoxy) is 3. The summed E-state index contributed by atoms with van der Waals surface area (Å²) in [6.07, 6.45) is -1.02. The topological polar surface area (TPSA) is 117 Å². The third-order valence-corrected chi connectivity index (χ3v) is 3.70. The van der Waals surface area contributed by atoms with Crippen LogP contribution >= 0.6 is 0 Å². The van der Waals surface area contributed by atoms with Gasteiger partial charge in [0, 0.05) is 11.3 Å². The Morgan fingerprint density at radius 1 is 1.04 bits per heavy atom. The van der Waals surface area contributed by atoms with Crippen LogP contribution in [-0.2, 0) is 9.53 Å². The van der Waals surface area contributed by atoms with Gasteiger partial charge in [0.15, 0.2) is 17.6 Å². The van der Waals surface area contributed by atoms with Crippen LogP contribution in [0.3, 0.4) is 0 Å². The first kappa shape index (κ1) is 17.3. The molecule has 134 valence electrons. The van der Waals surface area contributed by atoms with Gasteiger partial charge in [0.25, 0.3) is 5.91 Å². The number of fused-ring (bicyclic) bond motifs is 1. The molecule has 2 aromatic rings. The summed E-state index contributed by atoms with van der Waals surface area (Å²) in [5.74, 6) is -0.729. The van der Waals surface area contributed by atoms with Crippen LogP contribution in [0, 0.1) is 0 Å². The molecular formula is C18H16N2O6. The lowest BCUT2D eigenvalue weighted by atomic mass is 10.2. The first-order chi connectivity index (χ1) is 12.4. The lowest BCUT2D eigenvalue weighted by Crippen LogP contribution is -2.30. The van der Waals surface area contributed by atoms with E-state index in [0.29, 0.717) is 22.7 Å². The molecule has 0 bridgehead atoms. The molecule has 3 N–H and O–H groups in total. The van der Waals surface area contributed by atoms with Gasteiger partial charge in [-0.15, -0.1) is 0 Å². The van der Waals surface area contributed by atoms with E-state index in [9.17, 15) is 14.4 Å². The van der Waals surface area contributed by atoms with Gasteiger partial charge in [0.05, 0.1) is 5.56 Å².